The van der Waals surface area contributed by atoms with Crippen LogP contribution in [0, 0.1) is 13.8 Å². The maximum atomic E-state index is 4.74. The molecule has 0 unspecified atom stereocenters. The van der Waals surface area contributed by atoms with Crippen molar-refractivity contribution in [3.8, 4) is 0 Å². The van der Waals surface area contributed by atoms with Crippen molar-refractivity contribution < 1.29 is 0 Å². The molecule has 2 aromatic carbocycles. The first-order valence-corrected chi connectivity index (χ1v) is 10.5. The van der Waals surface area contributed by atoms with E-state index < -0.39 is 0 Å². The maximum absolute atomic E-state index is 4.74. The van der Waals surface area contributed by atoms with Gasteiger partial charge in [-0.25, -0.2) is 4.98 Å². The Morgan fingerprint density at radius 3 is 2.50 bits per heavy atom. The summed E-state index contributed by atoms with van der Waals surface area (Å²) >= 11 is 0. The van der Waals surface area contributed by atoms with Gasteiger partial charge in [-0.15, -0.1) is 0 Å². The lowest BCUT2D eigenvalue weighted by molar-refractivity contribution is 0.283. The van der Waals surface area contributed by atoms with Crippen LogP contribution in [0.4, 0.5) is 17.5 Å². The van der Waals surface area contributed by atoms with Crippen LogP contribution in [0.2, 0.25) is 0 Å². The number of rotatable bonds is 6. The summed E-state index contributed by atoms with van der Waals surface area (Å²) in [6.07, 6.45) is 6.28. The fourth-order valence-corrected chi connectivity index (χ4v) is 3.60. The minimum atomic E-state index is 0.643. The van der Waals surface area contributed by atoms with Gasteiger partial charge in [0.05, 0.1) is 0 Å². The van der Waals surface area contributed by atoms with Crippen LogP contribution in [0.3, 0.4) is 0 Å². The molecule has 0 spiro atoms. The molecule has 1 saturated heterocycles. The third-order valence-corrected chi connectivity index (χ3v) is 5.57. The zero-order valence-corrected chi connectivity index (χ0v) is 17.8. The molecule has 5 heteroatoms. The van der Waals surface area contributed by atoms with Gasteiger partial charge >= 0.3 is 0 Å². The number of nitrogens with one attached hydrogen (secondary N) is 1. The molecule has 0 amide bonds. The second-order valence-electron chi connectivity index (χ2n) is 7.76. The van der Waals surface area contributed by atoms with Crippen LogP contribution in [-0.4, -0.2) is 47.6 Å². The SMILES string of the molecule is Cc1ccc(Nc2nccc(N3CCN(C/C=C/c4ccccc4)CC3)n2)cc1C. The standard InChI is InChI=1S/C25H29N5/c1-20-10-11-23(19-21(20)2)27-25-26-13-12-24(28-25)30-17-15-29(16-18-30)14-6-9-22-7-4-3-5-8-22/h3-13,19H,14-18H2,1-2H3,(H,26,27,28)/b9-6+. The number of piperazine rings is 1. The van der Waals surface area contributed by atoms with Gasteiger partial charge in [-0.1, -0.05) is 48.6 Å². The molecule has 1 N–H and O–H groups in total. The predicted octanol–water partition coefficient (Wildman–Crippen LogP) is 4.67. The van der Waals surface area contributed by atoms with E-state index in [0.717, 1.165) is 44.2 Å². The highest BCUT2D eigenvalue weighted by Gasteiger charge is 2.17. The average Bonchev–Trinajstić information content (AvgIpc) is 2.78. The Morgan fingerprint density at radius 2 is 1.73 bits per heavy atom. The highest BCUT2D eigenvalue weighted by Crippen LogP contribution is 2.20. The summed E-state index contributed by atoms with van der Waals surface area (Å²) in [5.74, 6) is 1.62. The van der Waals surface area contributed by atoms with Crippen molar-refractivity contribution in [1.29, 1.82) is 0 Å². The first kappa shape index (κ1) is 20.1. The van der Waals surface area contributed by atoms with Crippen molar-refractivity contribution in [3.05, 3.63) is 83.6 Å². The van der Waals surface area contributed by atoms with Gasteiger partial charge in [-0.2, -0.15) is 4.98 Å². The molecule has 1 fully saturated rings. The van der Waals surface area contributed by atoms with E-state index in [2.05, 4.69) is 88.6 Å². The van der Waals surface area contributed by atoms with Crippen LogP contribution >= 0.6 is 0 Å². The van der Waals surface area contributed by atoms with Crippen molar-refractivity contribution in [2.24, 2.45) is 0 Å². The number of aromatic nitrogens is 2. The Kier molecular flexibility index (Phi) is 6.40. The van der Waals surface area contributed by atoms with E-state index in [1.54, 1.807) is 0 Å². The number of benzene rings is 2. The Labute approximate surface area is 179 Å². The summed E-state index contributed by atoms with van der Waals surface area (Å²) in [6.45, 7) is 9.22. The summed E-state index contributed by atoms with van der Waals surface area (Å²) in [4.78, 5) is 14.0. The van der Waals surface area contributed by atoms with E-state index in [-0.39, 0.29) is 0 Å². The number of hydrogen-bond donors (Lipinski definition) is 1. The normalized spacial score (nSPS) is 14.9. The van der Waals surface area contributed by atoms with Gasteiger partial charge in [-0.3, -0.25) is 4.90 Å². The van der Waals surface area contributed by atoms with E-state index in [9.17, 15) is 0 Å². The van der Waals surface area contributed by atoms with Crippen LogP contribution in [0.1, 0.15) is 16.7 Å². The molecule has 2 heterocycles. The van der Waals surface area contributed by atoms with E-state index in [4.69, 9.17) is 4.98 Å². The first-order valence-electron chi connectivity index (χ1n) is 10.5. The third kappa shape index (κ3) is 5.24. The quantitative estimate of drug-likeness (QED) is 0.652. The Morgan fingerprint density at radius 1 is 0.933 bits per heavy atom. The maximum Gasteiger partial charge on any atom is 0.229 e. The van der Waals surface area contributed by atoms with Gasteiger partial charge in [0.2, 0.25) is 5.95 Å². The van der Waals surface area contributed by atoms with Gasteiger partial charge < -0.3 is 10.2 Å². The molecular formula is C25H29N5. The lowest BCUT2D eigenvalue weighted by Crippen LogP contribution is -2.46. The molecule has 0 saturated carbocycles. The summed E-state index contributed by atoms with van der Waals surface area (Å²) in [5.41, 5.74) is 4.81. The van der Waals surface area contributed by atoms with Crippen LogP contribution in [0.15, 0.2) is 66.9 Å². The van der Waals surface area contributed by atoms with E-state index in [1.807, 2.05) is 18.3 Å². The Hall–Kier alpha value is -3.18. The lowest BCUT2D eigenvalue weighted by atomic mass is 10.1. The fourth-order valence-electron chi connectivity index (χ4n) is 3.60. The van der Waals surface area contributed by atoms with E-state index >= 15 is 0 Å². The number of aryl methyl sites for hydroxylation is 2. The van der Waals surface area contributed by atoms with Gasteiger partial charge in [0.1, 0.15) is 5.82 Å². The van der Waals surface area contributed by atoms with Crippen LogP contribution in [0.25, 0.3) is 6.08 Å². The molecule has 1 aliphatic heterocycles. The van der Waals surface area contributed by atoms with E-state index in [1.165, 1.54) is 16.7 Å². The second kappa shape index (κ2) is 9.55. The zero-order valence-electron chi connectivity index (χ0n) is 17.8. The van der Waals surface area contributed by atoms with E-state index in [0.29, 0.717) is 5.95 Å². The monoisotopic (exact) mass is 399 g/mol. The molecule has 154 valence electrons. The smallest absolute Gasteiger partial charge is 0.229 e. The van der Waals surface area contributed by atoms with Crippen LogP contribution in [0.5, 0.6) is 0 Å². The first-order chi connectivity index (χ1) is 14.7. The molecule has 0 radical (unpaired) electrons. The minimum absolute atomic E-state index is 0.643. The summed E-state index contributed by atoms with van der Waals surface area (Å²) in [6, 6.07) is 18.8. The lowest BCUT2D eigenvalue weighted by Gasteiger charge is -2.34. The molecular weight excluding hydrogens is 370 g/mol. The number of anilines is 3. The number of nitrogens with zero attached hydrogens (tertiary/aromatic N) is 4. The van der Waals surface area contributed by atoms with Crippen molar-refractivity contribution in [1.82, 2.24) is 14.9 Å². The molecule has 0 aliphatic carbocycles. The summed E-state index contributed by atoms with van der Waals surface area (Å²) < 4.78 is 0. The highest BCUT2D eigenvalue weighted by atomic mass is 15.3. The Bertz CT molecular complexity index is 991. The van der Waals surface area contributed by atoms with Crippen molar-refractivity contribution in [2.45, 2.75) is 13.8 Å². The number of hydrogen-bond acceptors (Lipinski definition) is 5. The molecule has 0 bridgehead atoms. The second-order valence-corrected chi connectivity index (χ2v) is 7.76. The molecule has 4 rings (SSSR count). The average molecular weight is 400 g/mol. The van der Waals surface area contributed by atoms with Crippen molar-refractivity contribution >= 4 is 23.5 Å². The van der Waals surface area contributed by atoms with Gasteiger partial charge in [0.25, 0.3) is 0 Å². The van der Waals surface area contributed by atoms with Crippen LogP contribution < -0.4 is 10.2 Å². The van der Waals surface area contributed by atoms with Gasteiger partial charge in [-0.05, 0) is 48.7 Å². The predicted molar refractivity (Wildman–Crippen MR) is 125 cm³/mol. The largest absolute Gasteiger partial charge is 0.354 e. The fraction of sp³-hybridized carbons (Fsp3) is 0.280. The molecule has 0 atom stereocenters. The minimum Gasteiger partial charge on any atom is -0.354 e. The van der Waals surface area contributed by atoms with Crippen molar-refractivity contribution in [2.75, 3.05) is 42.9 Å². The topological polar surface area (TPSA) is 44.3 Å². The third-order valence-electron chi connectivity index (χ3n) is 5.57. The molecule has 1 aromatic heterocycles. The van der Waals surface area contributed by atoms with Crippen molar-refractivity contribution in [3.63, 3.8) is 0 Å². The zero-order chi connectivity index (χ0) is 20.8. The van der Waals surface area contributed by atoms with Gasteiger partial charge in [0, 0.05) is 44.6 Å². The highest BCUT2D eigenvalue weighted by molar-refractivity contribution is 5.57. The molecule has 30 heavy (non-hydrogen) atoms. The van der Waals surface area contributed by atoms with Crippen LogP contribution in [-0.2, 0) is 0 Å². The Balaban J connectivity index is 1.31. The van der Waals surface area contributed by atoms with Gasteiger partial charge in [0.15, 0.2) is 0 Å². The molecule has 3 aromatic rings. The summed E-state index contributed by atoms with van der Waals surface area (Å²) in [7, 11) is 0. The summed E-state index contributed by atoms with van der Waals surface area (Å²) in [5, 5.41) is 3.34. The molecule has 5 nitrogen and oxygen atoms in total. The molecule has 1 aliphatic rings.